The van der Waals surface area contributed by atoms with Crippen LogP contribution in [0.4, 0.5) is 10.7 Å². The van der Waals surface area contributed by atoms with Gasteiger partial charge in [-0.05, 0) is 38.5 Å². The van der Waals surface area contributed by atoms with Crippen LogP contribution in [0.15, 0.2) is 40.1 Å². The quantitative estimate of drug-likeness (QED) is 0.738. The minimum atomic E-state index is -4.43. The van der Waals surface area contributed by atoms with Crippen molar-refractivity contribution < 1.29 is 21.6 Å². The molecular weight excluding hydrogens is 392 g/mol. The third-order valence-electron chi connectivity index (χ3n) is 3.38. The number of urea groups is 1. The number of hydrogen-bond donors (Lipinski definition) is 2. The Morgan fingerprint density at radius 1 is 1.00 bits per heavy atom. The van der Waals surface area contributed by atoms with Crippen molar-refractivity contribution in [3.05, 3.63) is 41.7 Å². The highest BCUT2D eigenvalue weighted by Gasteiger charge is 2.27. The number of nitrogens with zero attached hydrogens (tertiary/aromatic N) is 2. The zero-order valence-corrected chi connectivity index (χ0v) is 16.7. The van der Waals surface area contributed by atoms with Gasteiger partial charge in [0.2, 0.25) is 5.95 Å². The average Bonchev–Trinajstić information content (AvgIpc) is 2.53. The maximum atomic E-state index is 12.6. The normalized spacial score (nSPS) is 11.8. The predicted octanol–water partition coefficient (Wildman–Crippen LogP) is 1.79. The standard InChI is InChI=1S/C16H20N4O5S2/c1-4-9-26(22,23)13-7-5-6-8-14(13)27(24,25)20-16(21)19-15-17-11(2)10-12(3)18-15/h5-8,10H,4,9H2,1-3H3,(H2,17,18,19,20,21). The van der Waals surface area contributed by atoms with E-state index in [1.54, 1.807) is 31.6 Å². The number of carbonyl (C=O) groups excluding carboxylic acids is 1. The summed E-state index contributed by atoms with van der Waals surface area (Å²) in [6.07, 6.45) is 0.328. The summed E-state index contributed by atoms with van der Waals surface area (Å²) >= 11 is 0. The number of amides is 2. The smallest absolute Gasteiger partial charge is 0.275 e. The number of hydrogen-bond acceptors (Lipinski definition) is 7. The lowest BCUT2D eigenvalue weighted by Crippen LogP contribution is -2.35. The highest BCUT2D eigenvalue weighted by molar-refractivity contribution is 7.94. The van der Waals surface area contributed by atoms with Crippen LogP contribution in [0.25, 0.3) is 0 Å². The minimum Gasteiger partial charge on any atom is -0.275 e. The third kappa shape index (κ3) is 5.23. The van der Waals surface area contributed by atoms with Gasteiger partial charge in [-0.1, -0.05) is 19.1 Å². The van der Waals surface area contributed by atoms with E-state index < -0.39 is 30.8 Å². The molecule has 0 aliphatic carbocycles. The van der Waals surface area contributed by atoms with Crippen LogP contribution in [0.1, 0.15) is 24.7 Å². The van der Waals surface area contributed by atoms with E-state index in [9.17, 15) is 21.6 Å². The Balaban J connectivity index is 2.30. The van der Waals surface area contributed by atoms with E-state index in [4.69, 9.17) is 0 Å². The van der Waals surface area contributed by atoms with Crippen molar-refractivity contribution in [2.45, 2.75) is 37.0 Å². The Hall–Kier alpha value is -2.53. The molecule has 0 bridgehead atoms. The Bertz CT molecular complexity index is 1050. The first-order chi connectivity index (χ1) is 12.5. The molecule has 2 rings (SSSR count). The first kappa shape index (κ1) is 20.8. The van der Waals surface area contributed by atoms with Gasteiger partial charge in [0.25, 0.3) is 10.0 Å². The van der Waals surface area contributed by atoms with Gasteiger partial charge in [0.1, 0.15) is 4.90 Å². The van der Waals surface area contributed by atoms with E-state index in [2.05, 4.69) is 15.3 Å². The molecule has 11 heteroatoms. The lowest BCUT2D eigenvalue weighted by Gasteiger charge is -2.12. The molecule has 0 saturated heterocycles. The maximum Gasteiger partial charge on any atom is 0.335 e. The lowest BCUT2D eigenvalue weighted by molar-refractivity contribution is 0.256. The molecule has 1 heterocycles. The molecule has 2 aromatic rings. The number of anilines is 1. The Labute approximate surface area is 158 Å². The maximum absolute atomic E-state index is 12.6. The second-order valence-corrected chi connectivity index (χ2v) is 9.53. The number of benzene rings is 1. The molecule has 1 aromatic heterocycles. The molecule has 2 amide bonds. The zero-order valence-electron chi connectivity index (χ0n) is 15.1. The first-order valence-corrected chi connectivity index (χ1v) is 11.2. The number of sulfonamides is 1. The largest absolute Gasteiger partial charge is 0.335 e. The summed E-state index contributed by atoms with van der Waals surface area (Å²) in [6.45, 7) is 5.07. The molecule has 27 heavy (non-hydrogen) atoms. The van der Waals surface area contributed by atoms with Gasteiger partial charge in [-0.15, -0.1) is 0 Å². The molecular formula is C16H20N4O5S2. The van der Waals surface area contributed by atoms with Crippen molar-refractivity contribution in [1.82, 2.24) is 14.7 Å². The summed E-state index contributed by atoms with van der Waals surface area (Å²) in [7, 11) is -8.23. The number of carbonyl (C=O) groups is 1. The minimum absolute atomic E-state index is 0.0629. The van der Waals surface area contributed by atoms with Gasteiger partial charge in [-0.25, -0.2) is 36.3 Å². The zero-order chi connectivity index (χ0) is 20.2. The van der Waals surface area contributed by atoms with Crippen molar-refractivity contribution >= 4 is 31.8 Å². The number of rotatable bonds is 6. The van der Waals surface area contributed by atoms with Crippen LogP contribution < -0.4 is 10.0 Å². The predicted molar refractivity (Wildman–Crippen MR) is 99.6 cm³/mol. The third-order valence-corrected chi connectivity index (χ3v) is 6.87. The van der Waals surface area contributed by atoms with Gasteiger partial charge in [0.15, 0.2) is 9.84 Å². The van der Waals surface area contributed by atoms with Crippen molar-refractivity contribution in [2.24, 2.45) is 0 Å². The van der Waals surface area contributed by atoms with Crippen LogP contribution in [-0.4, -0.2) is 38.6 Å². The van der Waals surface area contributed by atoms with Gasteiger partial charge in [0, 0.05) is 11.4 Å². The van der Waals surface area contributed by atoms with Crippen molar-refractivity contribution in [1.29, 1.82) is 0 Å². The van der Waals surface area contributed by atoms with Gasteiger partial charge in [-0.3, -0.25) is 5.32 Å². The van der Waals surface area contributed by atoms with E-state index in [0.29, 0.717) is 17.8 Å². The summed E-state index contributed by atoms with van der Waals surface area (Å²) in [6, 6.07) is 5.72. The van der Waals surface area contributed by atoms with Crippen LogP contribution >= 0.6 is 0 Å². The average molecular weight is 412 g/mol. The van der Waals surface area contributed by atoms with Crippen molar-refractivity contribution in [3.63, 3.8) is 0 Å². The van der Waals surface area contributed by atoms with Gasteiger partial charge in [-0.2, -0.15) is 0 Å². The molecule has 2 N–H and O–H groups in total. The van der Waals surface area contributed by atoms with E-state index in [1.807, 2.05) is 0 Å². The number of aryl methyl sites for hydroxylation is 2. The summed E-state index contributed by atoms with van der Waals surface area (Å²) in [5, 5.41) is 2.23. The van der Waals surface area contributed by atoms with Crippen molar-refractivity contribution in [2.75, 3.05) is 11.1 Å². The summed E-state index contributed by atoms with van der Waals surface area (Å²) < 4.78 is 51.6. The van der Waals surface area contributed by atoms with E-state index >= 15 is 0 Å². The first-order valence-electron chi connectivity index (χ1n) is 8.03. The Kier molecular flexibility index (Phi) is 6.16. The fraction of sp³-hybridized carbons (Fsp3) is 0.312. The Morgan fingerprint density at radius 2 is 1.56 bits per heavy atom. The van der Waals surface area contributed by atoms with Crippen LogP contribution in [0.5, 0.6) is 0 Å². The summed E-state index contributed by atoms with van der Waals surface area (Å²) in [5.41, 5.74) is 1.19. The fourth-order valence-electron chi connectivity index (χ4n) is 2.39. The van der Waals surface area contributed by atoms with E-state index in [0.717, 1.165) is 6.07 Å². The molecule has 0 unspecified atom stereocenters. The molecule has 0 atom stereocenters. The number of sulfone groups is 1. The molecule has 0 spiro atoms. The lowest BCUT2D eigenvalue weighted by atomic mass is 10.4. The van der Waals surface area contributed by atoms with Crippen LogP contribution in [0, 0.1) is 13.8 Å². The molecule has 0 aliphatic heterocycles. The summed E-state index contributed by atoms with van der Waals surface area (Å²) in [4.78, 5) is 19.2. The van der Waals surface area contributed by atoms with Gasteiger partial charge >= 0.3 is 6.03 Å². The van der Waals surface area contributed by atoms with Crippen LogP contribution in [0.3, 0.4) is 0 Å². The van der Waals surface area contributed by atoms with Crippen LogP contribution in [0.2, 0.25) is 0 Å². The van der Waals surface area contributed by atoms with Gasteiger partial charge < -0.3 is 0 Å². The highest BCUT2D eigenvalue weighted by Crippen LogP contribution is 2.22. The van der Waals surface area contributed by atoms with Gasteiger partial charge in [0.05, 0.1) is 10.6 Å². The SMILES string of the molecule is CCCS(=O)(=O)c1ccccc1S(=O)(=O)NC(=O)Nc1nc(C)cc(C)n1. The summed E-state index contributed by atoms with van der Waals surface area (Å²) in [5.74, 6) is -0.269. The molecule has 0 fully saturated rings. The monoisotopic (exact) mass is 412 g/mol. The second-order valence-electron chi connectivity index (χ2n) is 5.80. The molecule has 1 aromatic carbocycles. The molecule has 0 saturated carbocycles. The Morgan fingerprint density at radius 3 is 2.11 bits per heavy atom. The van der Waals surface area contributed by atoms with E-state index in [1.165, 1.54) is 18.2 Å². The number of nitrogens with one attached hydrogen (secondary N) is 2. The molecule has 0 radical (unpaired) electrons. The second kappa shape index (κ2) is 8.01. The molecule has 9 nitrogen and oxygen atoms in total. The number of aromatic nitrogens is 2. The highest BCUT2D eigenvalue weighted by atomic mass is 32.2. The molecule has 146 valence electrons. The van der Waals surface area contributed by atoms with Crippen molar-refractivity contribution in [3.8, 4) is 0 Å². The van der Waals surface area contributed by atoms with E-state index in [-0.39, 0.29) is 16.6 Å². The topological polar surface area (TPSA) is 135 Å². The van der Waals surface area contributed by atoms with Crippen LogP contribution in [-0.2, 0) is 19.9 Å². The molecule has 0 aliphatic rings. The fourth-order valence-corrected chi connectivity index (χ4v) is 5.52.